The van der Waals surface area contributed by atoms with Crippen molar-refractivity contribution in [2.75, 3.05) is 13.6 Å². The van der Waals surface area contributed by atoms with Crippen LogP contribution in [0.15, 0.2) is 4.99 Å². The van der Waals surface area contributed by atoms with Crippen LogP contribution in [-0.4, -0.2) is 26.0 Å². The van der Waals surface area contributed by atoms with Gasteiger partial charge in [0.25, 0.3) is 0 Å². The predicted molar refractivity (Wildman–Crippen MR) is 40.7 cm³/mol. The lowest BCUT2D eigenvalue weighted by Crippen LogP contribution is -2.21. The lowest BCUT2D eigenvalue weighted by Gasteiger charge is -2.05. The molecule has 0 aromatic heterocycles. The van der Waals surface area contributed by atoms with Gasteiger partial charge < -0.3 is 11.1 Å². The van der Waals surface area contributed by atoms with Crippen molar-refractivity contribution in [2.24, 2.45) is 10.7 Å². The lowest BCUT2D eigenvalue weighted by molar-refractivity contribution is 0.573. The molecule has 0 amide bonds. The van der Waals surface area contributed by atoms with Crippen molar-refractivity contribution in [1.82, 2.24) is 5.32 Å². The highest BCUT2D eigenvalue weighted by Crippen LogP contribution is 1.87. The van der Waals surface area contributed by atoms with E-state index in [2.05, 4.69) is 17.2 Å². The van der Waals surface area contributed by atoms with Crippen LogP contribution < -0.4 is 11.1 Å². The third-order valence-corrected chi connectivity index (χ3v) is 1.29. The van der Waals surface area contributed by atoms with Gasteiger partial charge in [0.15, 0.2) is 0 Å². The van der Waals surface area contributed by atoms with Crippen LogP contribution in [0.25, 0.3) is 0 Å². The van der Waals surface area contributed by atoms with Gasteiger partial charge >= 0.3 is 0 Å². The van der Waals surface area contributed by atoms with Crippen LogP contribution in [0.5, 0.6) is 0 Å². The van der Waals surface area contributed by atoms with Crippen LogP contribution in [-0.2, 0) is 0 Å². The number of nitrogens with zero attached hydrogens (tertiary/aromatic N) is 1. The average molecular weight is 129 g/mol. The molecule has 0 rings (SSSR count). The van der Waals surface area contributed by atoms with E-state index in [0.29, 0.717) is 6.04 Å². The molecule has 0 aliphatic rings. The van der Waals surface area contributed by atoms with E-state index in [-0.39, 0.29) is 0 Å². The minimum absolute atomic E-state index is 0.536. The number of nitrogens with one attached hydrogen (secondary N) is 1. The Morgan fingerprint density at radius 2 is 2.44 bits per heavy atom. The molecule has 54 valence electrons. The highest BCUT2D eigenvalue weighted by molar-refractivity contribution is 5.50. The quantitative estimate of drug-likeness (QED) is 0.414. The van der Waals surface area contributed by atoms with Crippen LogP contribution >= 0.6 is 0 Å². The Bertz CT molecular complexity index is 80.4. The number of nitrogens with two attached hydrogens (primary N) is 1. The molecule has 0 aliphatic heterocycles. The molecule has 0 aliphatic carbocycles. The Morgan fingerprint density at radius 1 is 1.78 bits per heavy atom. The fourth-order valence-electron chi connectivity index (χ4n) is 0.487. The number of rotatable bonds is 4. The van der Waals surface area contributed by atoms with E-state index >= 15 is 0 Å². The lowest BCUT2D eigenvalue weighted by atomic mass is 10.2. The van der Waals surface area contributed by atoms with Crippen LogP contribution in [0, 0.1) is 0 Å². The summed E-state index contributed by atoms with van der Waals surface area (Å²) in [5, 5.41) is 3.11. The molecule has 0 fully saturated rings. The second-order valence-corrected chi connectivity index (χ2v) is 2.03. The maximum absolute atomic E-state index is 5.04. The van der Waals surface area contributed by atoms with Crippen molar-refractivity contribution in [3.63, 3.8) is 0 Å². The van der Waals surface area contributed by atoms with E-state index in [1.54, 1.807) is 0 Å². The third kappa shape index (κ3) is 5.30. The Kier molecular flexibility index (Phi) is 5.21. The van der Waals surface area contributed by atoms with Gasteiger partial charge in [-0.15, -0.1) is 0 Å². The normalized spacial score (nSPS) is 14.4. The van der Waals surface area contributed by atoms with Crippen LogP contribution in [0.1, 0.15) is 13.3 Å². The average Bonchev–Trinajstić information content (AvgIpc) is 1.89. The first-order valence-corrected chi connectivity index (χ1v) is 3.18. The zero-order valence-corrected chi connectivity index (χ0v) is 6.09. The summed E-state index contributed by atoms with van der Waals surface area (Å²) in [5.41, 5.74) is 5.04. The Balaban J connectivity index is 3.06. The van der Waals surface area contributed by atoms with Gasteiger partial charge in [0, 0.05) is 12.6 Å². The first kappa shape index (κ1) is 8.43. The van der Waals surface area contributed by atoms with E-state index in [9.17, 15) is 0 Å². The topological polar surface area (TPSA) is 50.4 Å². The molecular weight excluding hydrogens is 114 g/mol. The molecule has 9 heavy (non-hydrogen) atoms. The van der Waals surface area contributed by atoms with Gasteiger partial charge in [-0.2, -0.15) is 0 Å². The fraction of sp³-hybridized carbons (Fsp3) is 0.833. The zero-order chi connectivity index (χ0) is 7.11. The summed E-state index contributed by atoms with van der Waals surface area (Å²) >= 11 is 0. The molecule has 0 heterocycles. The molecule has 0 bridgehead atoms. The zero-order valence-electron chi connectivity index (χ0n) is 6.09. The first-order chi connectivity index (χ1) is 4.31. The molecule has 1 atom stereocenters. The van der Waals surface area contributed by atoms with Crippen molar-refractivity contribution in [2.45, 2.75) is 19.4 Å². The minimum Gasteiger partial charge on any atom is -0.390 e. The van der Waals surface area contributed by atoms with Gasteiger partial charge in [0.1, 0.15) is 0 Å². The Morgan fingerprint density at radius 3 is 2.89 bits per heavy atom. The SMILES string of the molecule is CN[C@H](C)CCN=CN. The van der Waals surface area contributed by atoms with E-state index in [1.807, 2.05) is 7.05 Å². The smallest absolute Gasteiger partial charge is 0.0797 e. The summed E-state index contributed by atoms with van der Waals surface area (Å²) in [6.07, 6.45) is 2.40. The largest absolute Gasteiger partial charge is 0.390 e. The highest BCUT2D eigenvalue weighted by atomic mass is 14.9. The maximum Gasteiger partial charge on any atom is 0.0797 e. The van der Waals surface area contributed by atoms with Gasteiger partial charge in [-0.25, -0.2) is 0 Å². The van der Waals surface area contributed by atoms with Gasteiger partial charge in [-0.3, -0.25) is 4.99 Å². The molecule has 3 nitrogen and oxygen atoms in total. The Labute approximate surface area is 56.3 Å². The van der Waals surface area contributed by atoms with Crippen molar-refractivity contribution in [3.05, 3.63) is 0 Å². The molecule has 0 radical (unpaired) electrons. The van der Waals surface area contributed by atoms with Gasteiger partial charge in [-0.05, 0) is 20.4 Å². The van der Waals surface area contributed by atoms with Gasteiger partial charge in [-0.1, -0.05) is 0 Å². The second-order valence-electron chi connectivity index (χ2n) is 2.03. The third-order valence-electron chi connectivity index (χ3n) is 1.29. The molecular formula is C6H15N3. The first-order valence-electron chi connectivity index (χ1n) is 3.18. The van der Waals surface area contributed by atoms with E-state index in [0.717, 1.165) is 13.0 Å². The fourth-order valence-corrected chi connectivity index (χ4v) is 0.487. The summed E-state index contributed by atoms with van der Waals surface area (Å²) in [7, 11) is 1.94. The van der Waals surface area contributed by atoms with Crippen molar-refractivity contribution in [1.29, 1.82) is 0 Å². The summed E-state index contributed by atoms with van der Waals surface area (Å²) in [6.45, 7) is 2.94. The van der Waals surface area contributed by atoms with Gasteiger partial charge in [0.05, 0.1) is 6.34 Å². The summed E-state index contributed by atoms with van der Waals surface area (Å²) < 4.78 is 0. The second kappa shape index (κ2) is 5.56. The predicted octanol–water partition coefficient (Wildman–Crippen LogP) is -0.0286. The van der Waals surface area contributed by atoms with Crippen molar-refractivity contribution in [3.8, 4) is 0 Å². The molecule has 0 unspecified atom stereocenters. The molecule has 0 spiro atoms. The molecule has 3 heteroatoms. The Hall–Kier alpha value is -0.570. The molecule has 0 saturated carbocycles. The maximum atomic E-state index is 5.04. The molecule has 0 aromatic rings. The number of hydrogen-bond donors (Lipinski definition) is 2. The monoisotopic (exact) mass is 129 g/mol. The summed E-state index contributed by atoms with van der Waals surface area (Å²) in [4.78, 5) is 3.87. The summed E-state index contributed by atoms with van der Waals surface area (Å²) in [6, 6.07) is 0.536. The molecule has 0 aromatic carbocycles. The standard InChI is InChI=1S/C6H15N3/c1-6(8-2)3-4-9-5-7/h5-6,8H,3-4H2,1-2H3,(H2,7,9)/t6-/m1/s1. The van der Waals surface area contributed by atoms with Crippen molar-refractivity contribution >= 4 is 6.34 Å². The number of aliphatic imine (C=N–C) groups is 1. The van der Waals surface area contributed by atoms with E-state index in [1.165, 1.54) is 6.34 Å². The molecule has 0 saturated heterocycles. The highest BCUT2D eigenvalue weighted by Gasteiger charge is 1.93. The molecule has 3 N–H and O–H groups in total. The van der Waals surface area contributed by atoms with Crippen LogP contribution in [0.3, 0.4) is 0 Å². The van der Waals surface area contributed by atoms with Crippen LogP contribution in [0.4, 0.5) is 0 Å². The van der Waals surface area contributed by atoms with E-state index in [4.69, 9.17) is 5.73 Å². The van der Waals surface area contributed by atoms with Crippen molar-refractivity contribution < 1.29 is 0 Å². The minimum atomic E-state index is 0.536. The van der Waals surface area contributed by atoms with Crippen LogP contribution in [0.2, 0.25) is 0 Å². The van der Waals surface area contributed by atoms with E-state index < -0.39 is 0 Å². The summed E-state index contributed by atoms with van der Waals surface area (Å²) in [5.74, 6) is 0. The number of hydrogen-bond acceptors (Lipinski definition) is 2. The van der Waals surface area contributed by atoms with Gasteiger partial charge in [0.2, 0.25) is 0 Å².